The fourth-order valence-corrected chi connectivity index (χ4v) is 0.931. The van der Waals surface area contributed by atoms with E-state index in [9.17, 15) is 22.0 Å². The van der Waals surface area contributed by atoms with E-state index in [2.05, 4.69) is 9.72 Å². The zero-order chi connectivity index (χ0) is 12.3. The molecule has 1 heterocycles. The molecule has 1 aromatic rings. The van der Waals surface area contributed by atoms with Crippen molar-refractivity contribution in [3.05, 3.63) is 23.5 Å². The van der Waals surface area contributed by atoms with Crippen LogP contribution < -0.4 is 4.74 Å². The van der Waals surface area contributed by atoms with Gasteiger partial charge in [-0.1, -0.05) is 0 Å². The van der Waals surface area contributed by atoms with Crippen molar-refractivity contribution in [3.8, 4) is 11.8 Å². The summed E-state index contributed by atoms with van der Waals surface area (Å²) in [5, 5.41) is 8.45. The van der Waals surface area contributed by atoms with Gasteiger partial charge in [0.25, 0.3) is 6.43 Å². The van der Waals surface area contributed by atoms with Gasteiger partial charge in [0.1, 0.15) is 11.8 Å². The molecule has 0 fully saturated rings. The molecule has 0 saturated carbocycles. The zero-order valence-electron chi connectivity index (χ0n) is 7.42. The summed E-state index contributed by atoms with van der Waals surface area (Å²) in [6.45, 7) is 0. The Balaban J connectivity index is 3.27. The maximum atomic E-state index is 12.3. The minimum atomic E-state index is -5.15. The summed E-state index contributed by atoms with van der Waals surface area (Å²) in [5.41, 5.74) is -1.86. The number of alkyl halides is 5. The highest BCUT2D eigenvalue weighted by Gasteiger charge is 2.35. The van der Waals surface area contributed by atoms with Gasteiger partial charge in [0, 0.05) is 6.20 Å². The number of halogens is 5. The molecule has 0 aliphatic carbocycles. The number of ether oxygens (including phenoxy) is 1. The first-order valence-electron chi connectivity index (χ1n) is 3.78. The Morgan fingerprint density at radius 1 is 1.38 bits per heavy atom. The van der Waals surface area contributed by atoms with Gasteiger partial charge in [-0.3, -0.25) is 4.98 Å². The summed E-state index contributed by atoms with van der Waals surface area (Å²) in [6, 6.07) is 2.17. The molecule has 8 heteroatoms. The fourth-order valence-electron chi connectivity index (χ4n) is 0.931. The van der Waals surface area contributed by atoms with Gasteiger partial charge in [-0.2, -0.15) is 5.26 Å². The Morgan fingerprint density at radius 3 is 2.44 bits per heavy atom. The average molecular weight is 238 g/mol. The third-order valence-electron chi connectivity index (χ3n) is 1.48. The zero-order valence-corrected chi connectivity index (χ0v) is 7.42. The number of rotatable bonds is 2. The molecule has 0 radical (unpaired) electrons. The lowest BCUT2D eigenvalue weighted by Gasteiger charge is -2.12. The molecular formula is C8H3F5N2O. The van der Waals surface area contributed by atoms with Gasteiger partial charge >= 0.3 is 6.36 Å². The Morgan fingerprint density at radius 2 is 2.00 bits per heavy atom. The highest BCUT2D eigenvalue weighted by atomic mass is 19.4. The monoisotopic (exact) mass is 238 g/mol. The van der Waals surface area contributed by atoms with Crippen molar-refractivity contribution in [1.29, 1.82) is 5.26 Å². The molecule has 0 amide bonds. The number of nitriles is 1. The number of hydrogen-bond donors (Lipinski definition) is 0. The Labute approximate surface area is 86.1 Å². The summed E-state index contributed by atoms with van der Waals surface area (Å²) in [4.78, 5) is 3.04. The standard InChI is InChI=1S/C8H3F5N2O/c9-7(10)5-6(16-8(11,12)13)4(3-14)1-2-15-5/h1-2,7H. The second-order valence-electron chi connectivity index (χ2n) is 2.53. The molecule has 0 spiro atoms. The van der Waals surface area contributed by atoms with Crippen LogP contribution in [0.1, 0.15) is 17.7 Å². The van der Waals surface area contributed by atoms with Crippen molar-refractivity contribution in [1.82, 2.24) is 4.98 Å². The molecule has 0 saturated heterocycles. The van der Waals surface area contributed by atoms with Crippen LogP contribution in [0.4, 0.5) is 22.0 Å². The highest BCUT2D eigenvalue weighted by Crippen LogP contribution is 2.33. The molecule has 0 unspecified atom stereocenters. The first-order chi connectivity index (χ1) is 7.35. The lowest BCUT2D eigenvalue weighted by Crippen LogP contribution is -2.19. The van der Waals surface area contributed by atoms with Crippen LogP contribution >= 0.6 is 0 Å². The Kier molecular flexibility index (Phi) is 3.27. The predicted octanol–water partition coefficient (Wildman–Crippen LogP) is 2.79. The molecule has 86 valence electrons. The minimum Gasteiger partial charge on any atom is -0.402 e. The van der Waals surface area contributed by atoms with Crippen molar-refractivity contribution < 1.29 is 26.7 Å². The second kappa shape index (κ2) is 4.30. The first kappa shape index (κ1) is 12.2. The first-order valence-corrected chi connectivity index (χ1v) is 3.78. The molecule has 16 heavy (non-hydrogen) atoms. The van der Waals surface area contributed by atoms with E-state index in [-0.39, 0.29) is 0 Å². The summed E-state index contributed by atoms with van der Waals surface area (Å²) in [6.07, 6.45) is -7.60. The van der Waals surface area contributed by atoms with Crippen LogP contribution in [0.25, 0.3) is 0 Å². The van der Waals surface area contributed by atoms with Gasteiger partial charge in [0.15, 0.2) is 5.75 Å². The van der Waals surface area contributed by atoms with E-state index in [0.717, 1.165) is 12.3 Å². The molecule has 0 atom stereocenters. The van der Waals surface area contributed by atoms with E-state index in [1.165, 1.54) is 6.07 Å². The molecule has 0 bridgehead atoms. The van der Waals surface area contributed by atoms with Crippen molar-refractivity contribution in [2.24, 2.45) is 0 Å². The smallest absolute Gasteiger partial charge is 0.402 e. The molecule has 3 nitrogen and oxygen atoms in total. The summed E-state index contributed by atoms with van der Waals surface area (Å²) >= 11 is 0. The van der Waals surface area contributed by atoms with Crippen molar-refractivity contribution >= 4 is 0 Å². The normalized spacial score (nSPS) is 11.3. The molecule has 0 aromatic carbocycles. The van der Waals surface area contributed by atoms with Gasteiger partial charge in [-0.15, -0.1) is 13.2 Å². The van der Waals surface area contributed by atoms with Crippen molar-refractivity contribution in [2.45, 2.75) is 12.8 Å². The molecule has 1 aromatic heterocycles. The summed E-state index contributed by atoms with van der Waals surface area (Å²) < 4.78 is 63.6. The van der Waals surface area contributed by atoms with Crippen molar-refractivity contribution in [3.63, 3.8) is 0 Å². The number of pyridine rings is 1. The van der Waals surface area contributed by atoms with Crippen LogP contribution in [-0.2, 0) is 0 Å². The summed E-state index contributed by atoms with van der Waals surface area (Å²) in [5.74, 6) is -1.26. The van der Waals surface area contributed by atoms with Crippen LogP contribution in [0.3, 0.4) is 0 Å². The molecule has 1 rings (SSSR count). The molecule has 0 aliphatic heterocycles. The van der Waals surface area contributed by atoms with Crippen LogP contribution in [0, 0.1) is 11.3 Å². The lowest BCUT2D eigenvalue weighted by molar-refractivity contribution is -0.275. The quantitative estimate of drug-likeness (QED) is 0.744. The maximum Gasteiger partial charge on any atom is 0.573 e. The average Bonchev–Trinajstić information content (AvgIpc) is 2.15. The minimum absolute atomic E-state index is 0.650. The SMILES string of the molecule is N#Cc1ccnc(C(F)F)c1OC(F)(F)F. The number of nitrogens with zero attached hydrogens (tertiary/aromatic N) is 2. The maximum absolute atomic E-state index is 12.3. The fraction of sp³-hybridized carbons (Fsp3) is 0.250. The summed E-state index contributed by atoms with van der Waals surface area (Å²) in [7, 11) is 0. The van der Waals surface area contributed by atoms with Gasteiger partial charge in [0.05, 0.1) is 5.56 Å². The third kappa shape index (κ3) is 2.79. The van der Waals surface area contributed by atoms with E-state index < -0.39 is 29.8 Å². The van der Waals surface area contributed by atoms with Crippen LogP contribution in [0.5, 0.6) is 5.75 Å². The topological polar surface area (TPSA) is 45.9 Å². The van der Waals surface area contributed by atoms with Gasteiger partial charge in [-0.25, -0.2) is 8.78 Å². The van der Waals surface area contributed by atoms with Crippen LogP contribution in [-0.4, -0.2) is 11.3 Å². The van der Waals surface area contributed by atoms with Gasteiger partial charge in [0.2, 0.25) is 0 Å². The third-order valence-corrected chi connectivity index (χ3v) is 1.48. The van der Waals surface area contributed by atoms with Gasteiger partial charge < -0.3 is 4.74 Å². The van der Waals surface area contributed by atoms with E-state index in [4.69, 9.17) is 5.26 Å². The second-order valence-corrected chi connectivity index (χ2v) is 2.53. The van der Waals surface area contributed by atoms with Crippen LogP contribution in [0.2, 0.25) is 0 Å². The number of aromatic nitrogens is 1. The molecule has 0 aliphatic rings. The Bertz CT molecular complexity index is 423. The predicted molar refractivity (Wildman–Crippen MR) is 40.6 cm³/mol. The van der Waals surface area contributed by atoms with E-state index in [1.54, 1.807) is 0 Å². The molecular weight excluding hydrogens is 235 g/mol. The highest BCUT2D eigenvalue weighted by molar-refractivity contribution is 5.45. The van der Waals surface area contributed by atoms with Crippen LogP contribution in [0.15, 0.2) is 12.3 Å². The van der Waals surface area contributed by atoms with Gasteiger partial charge in [-0.05, 0) is 6.07 Å². The van der Waals surface area contributed by atoms with E-state index in [1.807, 2.05) is 0 Å². The van der Waals surface area contributed by atoms with E-state index >= 15 is 0 Å². The molecule has 0 N–H and O–H groups in total. The van der Waals surface area contributed by atoms with E-state index in [0.29, 0.717) is 0 Å². The number of hydrogen-bond acceptors (Lipinski definition) is 3. The largest absolute Gasteiger partial charge is 0.573 e. The Hall–Kier alpha value is -1.91. The van der Waals surface area contributed by atoms with Crippen molar-refractivity contribution in [2.75, 3.05) is 0 Å². The lowest BCUT2D eigenvalue weighted by atomic mass is 10.2.